The quantitative estimate of drug-likeness (QED) is 0.383. The Bertz CT molecular complexity index is 64.6. The molecule has 0 saturated carbocycles. The second-order valence-electron chi connectivity index (χ2n) is 1.82. The van der Waals surface area contributed by atoms with Crippen molar-refractivity contribution in [3.8, 4) is 0 Å². The number of rotatable bonds is 3. The Morgan fingerprint density at radius 1 is 1.86 bits per heavy atom. The molecule has 1 heterocycles. The molecule has 0 bridgehead atoms. The molecule has 40 valence electrons. The molecular weight excluding hydrogens is 88.1 g/mol. The summed E-state index contributed by atoms with van der Waals surface area (Å²) in [5.41, 5.74) is 0. The van der Waals surface area contributed by atoms with Gasteiger partial charge in [0.25, 0.3) is 0 Å². The van der Waals surface area contributed by atoms with E-state index in [4.69, 9.17) is 4.74 Å². The van der Waals surface area contributed by atoms with Crippen LogP contribution < -0.4 is 0 Å². The van der Waals surface area contributed by atoms with E-state index in [9.17, 15) is 0 Å². The molecule has 1 rings (SSSR count). The Morgan fingerprint density at radius 3 is 3.00 bits per heavy atom. The molecule has 0 aromatic carbocycles. The van der Waals surface area contributed by atoms with E-state index in [0.717, 1.165) is 13.0 Å². The highest BCUT2D eigenvalue weighted by atomic mass is 16.6. The molecule has 0 aromatic rings. The predicted octanol–water partition coefficient (Wildman–Crippen LogP) is 1.35. The van der Waals surface area contributed by atoms with Gasteiger partial charge in [-0.2, -0.15) is 0 Å². The Labute approximate surface area is 44.0 Å². The van der Waals surface area contributed by atoms with Crippen LogP contribution in [0.1, 0.15) is 12.8 Å². The minimum atomic E-state index is 0.581. The third-order valence-corrected chi connectivity index (χ3v) is 1.10. The van der Waals surface area contributed by atoms with Gasteiger partial charge >= 0.3 is 0 Å². The highest BCUT2D eigenvalue weighted by Crippen LogP contribution is 2.14. The van der Waals surface area contributed by atoms with Gasteiger partial charge < -0.3 is 4.74 Å². The molecular formula is C6H10O. The van der Waals surface area contributed by atoms with E-state index in [-0.39, 0.29) is 0 Å². The van der Waals surface area contributed by atoms with Crippen LogP contribution in [0.3, 0.4) is 0 Å². The Morgan fingerprint density at radius 2 is 2.57 bits per heavy atom. The Kier molecular flexibility index (Phi) is 1.47. The van der Waals surface area contributed by atoms with Crippen LogP contribution in [0, 0.1) is 0 Å². The van der Waals surface area contributed by atoms with E-state index in [2.05, 4.69) is 6.58 Å². The van der Waals surface area contributed by atoms with Crippen molar-refractivity contribution in [3.05, 3.63) is 12.7 Å². The minimum Gasteiger partial charge on any atom is -0.373 e. The van der Waals surface area contributed by atoms with Crippen molar-refractivity contribution in [3.63, 3.8) is 0 Å². The van der Waals surface area contributed by atoms with Crippen LogP contribution in [0.5, 0.6) is 0 Å². The second kappa shape index (κ2) is 2.12. The van der Waals surface area contributed by atoms with Crippen LogP contribution in [-0.4, -0.2) is 12.7 Å². The first-order valence-electron chi connectivity index (χ1n) is 2.66. The molecule has 7 heavy (non-hydrogen) atoms. The Hall–Kier alpha value is -0.300. The summed E-state index contributed by atoms with van der Waals surface area (Å²) in [5.74, 6) is 0. The van der Waals surface area contributed by atoms with Gasteiger partial charge in [0.15, 0.2) is 0 Å². The van der Waals surface area contributed by atoms with Crippen LogP contribution in [0.2, 0.25) is 0 Å². The summed E-state index contributed by atoms with van der Waals surface area (Å²) in [5, 5.41) is 0. The van der Waals surface area contributed by atoms with Gasteiger partial charge in [0, 0.05) is 0 Å². The summed E-state index contributed by atoms with van der Waals surface area (Å²) < 4.78 is 4.96. The molecule has 0 N–H and O–H groups in total. The van der Waals surface area contributed by atoms with Crippen molar-refractivity contribution in [1.29, 1.82) is 0 Å². The van der Waals surface area contributed by atoms with E-state index in [1.54, 1.807) is 0 Å². The highest BCUT2D eigenvalue weighted by molar-refractivity contribution is 4.75. The summed E-state index contributed by atoms with van der Waals surface area (Å²) in [7, 11) is 0. The molecule has 1 aliphatic rings. The molecule has 0 aromatic heterocycles. The maximum Gasteiger partial charge on any atom is 0.0812 e. The van der Waals surface area contributed by atoms with Gasteiger partial charge in [-0.25, -0.2) is 0 Å². The maximum absolute atomic E-state index is 4.96. The molecule has 1 aliphatic heterocycles. The normalized spacial score (nSPS) is 27.1. The van der Waals surface area contributed by atoms with E-state index in [1.807, 2.05) is 6.08 Å². The zero-order valence-electron chi connectivity index (χ0n) is 4.39. The first kappa shape index (κ1) is 4.85. The SMILES string of the molecule is C=CCC[C@@H]1CO1. The number of allylic oxidation sites excluding steroid dienone is 1. The lowest BCUT2D eigenvalue weighted by Gasteiger charge is -1.82. The first-order valence-corrected chi connectivity index (χ1v) is 2.66. The molecule has 1 atom stereocenters. The first-order chi connectivity index (χ1) is 3.43. The lowest BCUT2D eigenvalue weighted by molar-refractivity contribution is 0.398. The van der Waals surface area contributed by atoms with E-state index in [0.29, 0.717) is 6.10 Å². The summed E-state index contributed by atoms with van der Waals surface area (Å²) in [6, 6.07) is 0. The van der Waals surface area contributed by atoms with Crippen LogP contribution in [0.15, 0.2) is 12.7 Å². The molecule has 1 nitrogen and oxygen atoms in total. The van der Waals surface area contributed by atoms with Crippen molar-refractivity contribution in [2.24, 2.45) is 0 Å². The standard InChI is InChI=1S/C6H10O/c1-2-3-4-6-5-7-6/h2,6H,1,3-5H2/t6-/m1/s1. The average molecular weight is 98.1 g/mol. The minimum absolute atomic E-state index is 0.581. The zero-order chi connectivity index (χ0) is 5.11. The Balaban J connectivity index is 1.88. The maximum atomic E-state index is 4.96. The number of hydrogen-bond acceptors (Lipinski definition) is 1. The van der Waals surface area contributed by atoms with Gasteiger partial charge in [-0.05, 0) is 12.8 Å². The van der Waals surface area contributed by atoms with Crippen LogP contribution in [-0.2, 0) is 4.74 Å². The molecule has 0 unspecified atom stereocenters. The summed E-state index contributed by atoms with van der Waals surface area (Å²) in [4.78, 5) is 0. The number of epoxide rings is 1. The molecule has 0 radical (unpaired) electrons. The fourth-order valence-electron chi connectivity index (χ4n) is 0.538. The van der Waals surface area contributed by atoms with Gasteiger partial charge in [-0.1, -0.05) is 6.08 Å². The summed E-state index contributed by atoms with van der Waals surface area (Å²) in [6.07, 6.45) is 4.79. The zero-order valence-corrected chi connectivity index (χ0v) is 4.39. The highest BCUT2D eigenvalue weighted by Gasteiger charge is 2.20. The van der Waals surface area contributed by atoms with Crippen LogP contribution >= 0.6 is 0 Å². The van der Waals surface area contributed by atoms with Crippen molar-refractivity contribution in [2.75, 3.05) is 6.61 Å². The third kappa shape index (κ3) is 1.74. The smallest absolute Gasteiger partial charge is 0.0812 e. The van der Waals surface area contributed by atoms with Crippen molar-refractivity contribution < 1.29 is 4.74 Å². The third-order valence-electron chi connectivity index (χ3n) is 1.10. The van der Waals surface area contributed by atoms with Gasteiger partial charge in [-0.3, -0.25) is 0 Å². The molecule has 1 heteroatoms. The number of hydrogen-bond donors (Lipinski definition) is 0. The predicted molar refractivity (Wildman–Crippen MR) is 29.2 cm³/mol. The summed E-state index contributed by atoms with van der Waals surface area (Å²) in [6.45, 7) is 4.58. The number of ether oxygens (including phenoxy) is 1. The van der Waals surface area contributed by atoms with Gasteiger partial charge in [0.2, 0.25) is 0 Å². The van der Waals surface area contributed by atoms with Crippen molar-refractivity contribution in [1.82, 2.24) is 0 Å². The molecule has 0 amide bonds. The molecule has 0 spiro atoms. The van der Waals surface area contributed by atoms with E-state index >= 15 is 0 Å². The fourth-order valence-corrected chi connectivity index (χ4v) is 0.538. The lowest BCUT2D eigenvalue weighted by atomic mass is 10.2. The van der Waals surface area contributed by atoms with E-state index in [1.165, 1.54) is 6.42 Å². The van der Waals surface area contributed by atoms with Gasteiger partial charge in [0.1, 0.15) is 0 Å². The fraction of sp³-hybridized carbons (Fsp3) is 0.667. The molecule has 1 fully saturated rings. The molecule has 0 aliphatic carbocycles. The van der Waals surface area contributed by atoms with Crippen molar-refractivity contribution >= 4 is 0 Å². The second-order valence-corrected chi connectivity index (χ2v) is 1.82. The molecule has 1 saturated heterocycles. The largest absolute Gasteiger partial charge is 0.373 e. The monoisotopic (exact) mass is 98.1 g/mol. The van der Waals surface area contributed by atoms with E-state index < -0.39 is 0 Å². The van der Waals surface area contributed by atoms with Crippen molar-refractivity contribution in [2.45, 2.75) is 18.9 Å². The van der Waals surface area contributed by atoms with Gasteiger partial charge in [-0.15, -0.1) is 6.58 Å². The van der Waals surface area contributed by atoms with Crippen LogP contribution in [0.25, 0.3) is 0 Å². The average Bonchev–Trinajstić information content (AvgIpc) is 2.42. The topological polar surface area (TPSA) is 12.5 Å². The van der Waals surface area contributed by atoms with Gasteiger partial charge in [0.05, 0.1) is 12.7 Å². The van der Waals surface area contributed by atoms with Crippen LogP contribution in [0.4, 0.5) is 0 Å². The lowest BCUT2D eigenvalue weighted by Crippen LogP contribution is -1.79. The summed E-state index contributed by atoms with van der Waals surface area (Å²) >= 11 is 0.